The van der Waals surface area contributed by atoms with E-state index in [4.69, 9.17) is 11.6 Å². The van der Waals surface area contributed by atoms with Crippen molar-refractivity contribution in [3.05, 3.63) is 100 Å². The van der Waals surface area contributed by atoms with Crippen LogP contribution in [0.2, 0.25) is 5.02 Å². The average molecular weight is 387 g/mol. The molecule has 28 heavy (non-hydrogen) atoms. The third-order valence-electron chi connectivity index (χ3n) is 4.71. The van der Waals surface area contributed by atoms with Gasteiger partial charge in [0, 0.05) is 10.6 Å². The van der Waals surface area contributed by atoms with Crippen LogP contribution >= 0.6 is 11.6 Å². The normalized spacial score (nSPS) is 11.8. The molecule has 0 N–H and O–H groups in total. The van der Waals surface area contributed by atoms with Gasteiger partial charge in [0.15, 0.2) is 0 Å². The molecule has 0 aliphatic heterocycles. The van der Waals surface area contributed by atoms with Crippen LogP contribution in [0, 0.1) is 13.8 Å². The molecule has 0 aliphatic rings. The Morgan fingerprint density at radius 2 is 1.57 bits per heavy atom. The highest BCUT2D eigenvalue weighted by atomic mass is 35.5. The quantitative estimate of drug-likeness (QED) is 0.311. The fraction of sp³-hybridized carbons (Fsp3) is 0.0833. The molecule has 0 amide bonds. The van der Waals surface area contributed by atoms with Gasteiger partial charge in [-0.2, -0.15) is 0 Å². The van der Waals surface area contributed by atoms with Crippen LogP contribution < -0.4 is 0 Å². The molecule has 0 unspecified atom stereocenters. The van der Waals surface area contributed by atoms with Crippen molar-refractivity contribution in [2.45, 2.75) is 13.8 Å². The molecule has 0 fully saturated rings. The maximum atomic E-state index is 13.5. The topological polar surface area (TPSA) is 34.9 Å². The highest BCUT2D eigenvalue weighted by Crippen LogP contribution is 2.25. The van der Waals surface area contributed by atoms with E-state index in [9.17, 15) is 4.79 Å². The number of nitrogens with zero attached hydrogens (tertiary/aromatic N) is 2. The van der Waals surface area contributed by atoms with Gasteiger partial charge in [-0.1, -0.05) is 71.3 Å². The molecule has 4 aromatic rings. The van der Waals surface area contributed by atoms with E-state index in [0.29, 0.717) is 16.1 Å². The van der Waals surface area contributed by atoms with Gasteiger partial charge >= 0.3 is 0 Å². The SMILES string of the molecule is Cc1ccc(/C=C(/C(=O)n2cnc3ccc(Cl)cc32)c2ccc(C)cc2)cc1. The van der Waals surface area contributed by atoms with Crippen LogP contribution in [0.5, 0.6) is 0 Å². The summed E-state index contributed by atoms with van der Waals surface area (Å²) in [5.74, 6) is -0.144. The van der Waals surface area contributed by atoms with E-state index in [0.717, 1.165) is 22.2 Å². The van der Waals surface area contributed by atoms with Gasteiger partial charge in [0.25, 0.3) is 5.91 Å². The second-order valence-electron chi connectivity index (χ2n) is 6.89. The molecule has 1 aromatic heterocycles. The molecule has 0 saturated heterocycles. The molecule has 0 aliphatic carbocycles. The van der Waals surface area contributed by atoms with Crippen LogP contribution in [0.15, 0.2) is 73.1 Å². The molecule has 0 atom stereocenters. The van der Waals surface area contributed by atoms with Gasteiger partial charge in [-0.3, -0.25) is 9.36 Å². The average Bonchev–Trinajstić information content (AvgIpc) is 3.11. The number of aryl methyl sites for hydroxylation is 2. The molecule has 1 heterocycles. The summed E-state index contributed by atoms with van der Waals surface area (Å²) in [5, 5.41) is 0.571. The summed E-state index contributed by atoms with van der Waals surface area (Å²) in [6, 6.07) is 21.4. The van der Waals surface area contributed by atoms with E-state index < -0.39 is 0 Å². The van der Waals surface area contributed by atoms with Crippen LogP contribution in [0.1, 0.15) is 27.0 Å². The van der Waals surface area contributed by atoms with Gasteiger partial charge in [0.1, 0.15) is 6.33 Å². The molecule has 0 saturated carbocycles. The monoisotopic (exact) mass is 386 g/mol. The fourth-order valence-electron chi connectivity index (χ4n) is 3.10. The van der Waals surface area contributed by atoms with E-state index in [1.165, 1.54) is 5.56 Å². The molecule has 0 radical (unpaired) electrons. The lowest BCUT2D eigenvalue weighted by Gasteiger charge is -2.10. The number of aromatic nitrogens is 2. The van der Waals surface area contributed by atoms with Gasteiger partial charge in [0.2, 0.25) is 0 Å². The summed E-state index contributed by atoms with van der Waals surface area (Å²) in [6.07, 6.45) is 3.48. The number of benzene rings is 3. The summed E-state index contributed by atoms with van der Waals surface area (Å²) in [6.45, 7) is 4.07. The molecule has 4 rings (SSSR count). The van der Waals surface area contributed by atoms with Crippen LogP contribution in [-0.4, -0.2) is 15.5 Å². The Morgan fingerprint density at radius 3 is 2.25 bits per heavy atom. The summed E-state index contributed by atoms with van der Waals surface area (Å²) in [7, 11) is 0. The lowest BCUT2D eigenvalue weighted by molar-refractivity contribution is 0.0984. The number of hydrogen-bond acceptors (Lipinski definition) is 2. The van der Waals surface area contributed by atoms with Crippen LogP contribution in [0.25, 0.3) is 22.7 Å². The predicted octanol–water partition coefficient (Wildman–Crippen LogP) is 6.19. The van der Waals surface area contributed by atoms with Crippen molar-refractivity contribution >= 4 is 40.2 Å². The standard InChI is InChI=1S/C24H19ClN2O/c1-16-3-7-18(8-4-16)13-21(19-9-5-17(2)6-10-19)24(28)27-15-26-22-12-11-20(25)14-23(22)27/h3-15H,1-2H3/b21-13+. The van der Waals surface area contributed by atoms with Crippen molar-refractivity contribution in [2.24, 2.45) is 0 Å². The number of carbonyl (C=O) groups is 1. The number of halogens is 1. The minimum absolute atomic E-state index is 0.144. The van der Waals surface area contributed by atoms with Crippen LogP contribution in [-0.2, 0) is 0 Å². The van der Waals surface area contributed by atoms with Crippen LogP contribution in [0.4, 0.5) is 0 Å². The van der Waals surface area contributed by atoms with E-state index in [1.54, 1.807) is 23.0 Å². The van der Waals surface area contributed by atoms with Gasteiger partial charge in [-0.15, -0.1) is 0 Å². The van der Waals surface area contributed by atoms with Gasteiger partial charge in [-0.05, 0) is 49.2 Å². The first-order chi connectivity index (χ1) is 13.5. The third kappa shape index (κ3) is 3.62. The Balaban J connectivity index is 1.86. The Labute approximate surface area is 168 Å². The summed E-state index contributed by atoms with van der Waals surface area (Å²) in [5.41, 5.74) is 6.18. The van der Waals surface area contributed by atoms with Gasteiger partial charge in [-0.25, -0.2) is 4.98 Å². The van der Waals surface area contributed by atoms with E-state index in [-0.39, 0.29) is 5.91 Å². The summed E-state index contributed by atoms with van der Waals surface area (Å²) < 4.78 is 1.56. The lowest BCUT2D eigenvalue weighted by Crippen LogP contribution is -2.11. The number of carbonyl (C=O) groups excluding carboxylic acids is 1. The second kappa shape index (κ2) is 7.45. The molecule has 3 aromatic carbocycles. The Hall–Kier alpha value is -3.17. The highest BCUT2D eigenvalue weighted by molar-refractivity contribution is 6.31. The van der Waals surface area contributed by atoms with E-state index >= 15 is 0 Å². The van der Waals surface area contributed by atoms with Crippen molar-refractivity contribution in [3.8, 4) is 0 Å². The minimum atomic E-state index is -0.144. The first kappa shape index (κ1) is 18.2. The molecule has 3 nitrogen and oxygen atoms in total. The molecule has 4 heteroatoms. The van der Waals surface area contributed by atoms with Gasteiger partial charge < -0.3 is 0 Å². The Morgan fingerprint density at radius 1 is 0.929 bits per heavy atom. The zero-order valence-corrected chi connectivity index (χ0v) is 16.4. The third-order valence-corrected chi connectivity index (χ3v) is 4.94. The van der Waals surface area contributed by atoms with Crippen molar-refractivity contribution in [1.82, 2.24) is 9.55 Å². The zero-order chi connectivity index (χ0) is 19.7. The van der Waals surface area contributed by atoms with E-state index in [2.05, 4.69) is 4.98 Å². The number of fused-ring (bicyclic) bond motifs is 1. The molecule has 138 valence electrons. The molecule has 0 bridgehead atoms. The minimum Gasteiger partial charge on any atom is -0.268 e. The highest BCUT2D eigenvalue weighted by Gasteiger charge is 2.17. The maximum absolute atomic E-state index is 13.5. The van der Waals surface area contributed by atoms with Crippen LogP contribution in [0.3, 0.4) is 0 Å². The van der Waals surface area contributed by atoms with Crippen molar-refractivity contribution in [2.75, 3.05) is 0 Å². The first-order valence-corrected chi connectivity index (χ1v) is 9.42. The number of allylic oxidation sites excluding steroid dienone is 1. The fourth-order valence-corrected chi connectivity index (χ4v) is 3.27. The number of imidazole rings is 1. The summed E-state index contributed by atoms with van der Waals surface area (Å²) in [4.78, 5) is 17.8. The number of hydrogen-bond donors (Lipinski definition) is 0. The van der Waals surface area contributed by atoms with Crippen molar-refractivity contribution < 1.29 is 4.79 Å². The second-order valence-corrected chi connectivity index (χ2v) is 7.32. The van der Waals surface area contributed by atoms with Gasteiger partial charge in [0.05, 0.1) is 11.0 Å². The maximum Gasteiger partial charge on any atom is 0.264 e. The first-order valence-electron chi connectivity index (χ1n) is 9.04. The predicted molar refractivity (Wildman–Crippen MR) is 116 cm³/mol. The zero-order valence-electron chi connectivity index (χ0n) is 15.7. The molecular weight excluding hydrogens is 368 g/mol. The largest absolute Gasteiger partial charge is 0.268 e. The smallest absolute Gasteiger partial charge is 0.264 e. The van der Waals surface area contributed by atoms with Crippen molar-refractivity contribution in [1.29, 1.82) is 0 Å². The van der Waals surface area contributed by atoms with E-state index in [1.807, 2.05) is 74.5 Å². The summed E-state index contributed by atoms with van der Waals surface area (Å²) >= 11 is 6.14. The molecule has 0 spiro atoms. The number of rotatable bonds is 3. The lowest BCUT2D eigenvalue weighted by atomic mass is 10.00. The Kier molecular flexibility index (Phi) is 4.84. The molecular formula is C24H19ClN2O. The van der Waals surface area contributed by atoms with Crippen molar-refractivity contribution in [3.63, 3.8) is 0 Å². The Bertz CT molecular complexity index is 1190.